The molecule has 13 heteroatoms. The van der Waals surface area contributed by atoms with Crippen LogP contribution >= 0.6 is 0 Å². The van der Waals surface area contributed by atoms with E-state index >= 15 is 0 Å². The van der Waals surface area contributed by atoms with E-state index in [1.807, 2.05) is 41.5 Å². The molecule has 224 valence electrons. The molecule has 1 aliphatic carbocycles. The molecule has 2 aliphatic heterocycles. The van der Waals surface area contributed by atoms with Crippen molar-refractivity contribution in [2.75, 3.05) is 32.7 Å². The fourth-order valence-electron chi connectivity index (χ4n) is 5.51. The lowest BCUT2D eigenvalue weighted by Gasteiger charge is -2.39. The van der Waals surface area contributed by atoms with Gasteiger partial charge < -0.3 is 36.8 Å². The Morgan fingerprint density at radius 2 is 1.70 bits per heavy atom. The molecule has 0 aromatic carbocycles. The highest BCUT2D eigenvalue weighted by Crippen LogP contribution is 2.45. The van der Waals surface area contributed by atoms with E-state index in [0.29, 0.717) is 26.2 Å². The Morgan fingerprint density at radius 1 is 1.02 bits per heavy atom. The normalized spacial score (nSPS) is 24.1. The number of carbonyl (C=O) groups is 6. The van der Waals surface area contributed by atoms with Crippen LogP contribution in [0.1, 0.15) is 60.8 Å². The zero-order valence-corrected chi connectivity index (χ0v) is 24.5. The van der Waals surface area contributed by atoms with Crippen LogP contribution in [0.15, 0.2) is 0 Å². The highest BCUT2D eigenvalue weighted by Gasteiger charge is 2.53. The first-order chi connectivity index (χ1) is 18.5. The smallest absolute Gasteiger partial charge is 0.317 e. The topological polar surface area (TPSA) is 183 Å². The van der Waals surface area contributed by atoms with Crippen molar-refractivity contribution in [3.05, 3.63) is 0 Å². The van der Waals surface area contributed by atoms with E-state index < -0.39 is 53.7 Å². The molecular weight excluding hydrogens is 518 g/mol. The number of nitrogens with one attached hydrogen (secondary N) is 4. The lowest BCUT2D eigenvalue weighted by Crippen LogP contribution is -2.62. The zero-order chi connectivity index (χ0) is 30.0. The van der Waals surface area contributed by atoms with Gasteiger partial charge >= 0.3 is 12.1 Å². The van der Waals surface area contributed by atoms with Crippen molar-refractivity contribution in [2.24, 2.45) is 28.4 Å². The average molecular weight is 564 g/mol. The number of nitrogens with two attached hydrogens (primary N) is 1. The largest absolute Gasteiger partial charge is 0.363 e. The van der Waals surface area contributed by atoms with Crippen molar-refractivity contribution in [2.45, 2.75) is 78.9 Å². The second-order valence-electron chi connectivity index (χ2n) is 13.3. The second kappa shape index (κ2) is 12.0. The number of fused-ring (bicyclic) bond motifs is 1. The van der Waals surface area contributed by atoms with Gasteiger partial charge in [-0.1, -0.05) is 41.5 Å². The fourth-order valence-corrected chi connectivity index (χ4v) is 5.51. The molecule has 0 unspecified atom stereocenters. The predicted octanol–water partition coefficient (Wildman–Crippen LogP) is -0.0621. The van der Waals surface area contributed by atoms with Crippen molar-refractivity contribution < 1.29 is 28.8 Å². The highest BCUT2D eigenvalue weighted by molar-refractivity contribution is 6.36. The summed E-state index contributed by atoms with van der Waals surface area (Å²) in [5.74, 6) is -2.86. The second-order valence-corrected chi connectivity index (χ2v) is 13.3. The third kappa shape index (κ3) is 7.22. The molecule has 7 amide bonds. The molecule has 0 bridgehead atoms. The zero-order valence-electron chi connectivity index (χ0n) is 24.5. The van der Waals surface area contributed by atoms with Crippen molar-refractivity contribution in [1.82, 2.24) is 31.1 Å². The van der Waals surface area contributed by atoms with Crippen molar-refractivity contribution in [1.29, 1.82) is 0 Å². The van der Waals surface area contributed by atoms with Gasteiger partial charge in [0.25, 0.3) is 5.91 Å². The van der Waals surface area contributed by atoms with E-state index in [0.717, 1.165) is 19.3 Å². The van der Waals surface area contributed by atoms with E-state index in [1.165, 1.54) is 4.90 Å². The summed E-state index contributed by atoms with van der Waals surface area (Å²) in [6.07, 6.45) is 2.46. The average Bonchev–Trinajstić information content (AvgIpc) is 3.09. The third-order valence-electron chi connectivity index (χ3n) is 8.21. The summed E-state index contributed by atoms with van der Waals surface area (Å²) in [7, 11) is 0. The van der Waals surface area contributed by atoms with E-state index in [9.17, 15) is 28.8 Å². The van der Waals surface area contributed by atoms with Crippen molar-refractivity contribution in [3.8, 4) is 0 Å². The van der Waals surface area contributed by atoms with Crippen LogP contribution in [0.5, 0.6) is 0 Å². The SMILES string of the molecule is CC(C)(C)[C@H](NC(=O)N[C@H](CN1CCCNC1=O)C(C)(C)C)C(=O)N1C[C@@H]2CC[C@@H]2[C@H]1C(=O)NCC(=O)C(N)=O. The Hall–Kier alpha value is -3.38. The minimum atomic E-state index is -1.14. The van der Waals surface area contributed by atoms with Gasteiger partial charge in [0.2, 0.25) is 17.6 Å². The number of nitrogens with zero attached hydrogens (tertiary/aromatic N) is 2. The number of primary amides is 1. The van der Waals surface area contributed by atoms with Gasteiger partial charge in [0.05, 0.1) is 12.6 Å². The molecule has 0 spiro atoms. The van der Waals surface area contributed by atoms with Gasteiger partial charge in [-0.05, 0) is 41.9 Å². The molecule has 3 fully saturated rings. The molecule has 6 N–H and O–H groups in total. The minimum Gasteiger partial charge on any atom is -0.363 e. The number of ketones is 1. The molecule has 0 radical (unpaired) electrons. The number of rotatable bonds is 9. The van der Waals surface area contributed by atoms with Gasteiger partial charge in [-0.25, -0.2) is 9.59 Å². The number of urea groups is 2. The first kappa shape index (κ1) is 31.2. The van der Waals surface area contributed by atoms with Crippen LogP contribution in [-0.4, -0.2) is 96.2 Å². The van der Waals surface area contributed by atoms with Crippen molar-refractivity contribution >= 4 is 35.6 Å². The van der Waals surface area contributed by atoms with Gasteiger partial charge in [0.15, 0.2) is 0 Å². The Labute approximate surface area is 235 Å². The minimum absolute atomic E-state index is 0.0527. The third-order valence-corrected chi connectivity index (χ3v) is 8.21. The predicted molar refractivity (Wildman–Crippen MR) is 147 cm³/mol. The molecule has 2 saturated heterocycles. The van der Waals surface area contributed by atoms with Gasteiger partial charge in [-0.2, -0.15) is 0 Å². The molecule has 40 heavy (non-hydrogen) atoms. The summed E-state index contributed by atoms with van der Waals surface area (Å²) in [4.78, 5) is 78.6. The number of Topliss-reactive ketones (excluding diaryl/α,β-unsaturated/α-hetero) is 1. The Morgan fingerprint density at radius 3 is 2.23 bits per heavy atom. The van der Waals surface area contributed by atoms with Crippen LogP contribution < -0.4 is 27.0 Å². The van der Waals surface area contributed by atoms with E-state index in [1.54, 1.807) is 4.90 Å². The Bertz CT molecular complexity index is 1030. The molecule has 0 aromatic heterocycles. The van der Waals surface area contributed by atoms with E-state index in [4.69, 9.17) is 5.73 Å². The molecule has 3 rings (SSSR count). The van der Waals surface area contributed by atoms with Crippen LogP contribution in [0.2, 0.25) is 0 Å². The van der Waals surface area contributed by atoms with Crippen LogP contribution in [0.25, 0.3) is 0 Å². The van der Waals surface area contributed by atoms with Crippen LogP contribution in [0.4, 0.5) is 9.59 Å². The summed E-state index contributed by atoms with van der Waals surface area (Å²) < 4.78 is 0. The molecule has 13 nitrogen and oxygen atoms in total. The molecule has 2 heterocycles. The molecule has 5 atom stereocenters. The maximum Gasteiger partial charge on any atom is 0.317 e. The number of likely N-dealkylation sites (tertiary alicyclic amines) is 1. The molecule has 3 aliphatic rings. The summed E-state index contributed by atoms with van der Waals surface area (Å²) in [5.41, 5.74) is 3.92. The summed E-state index contributed by atoms with van der Waals surface area (Å²) in [6, 6.07) is -2.86. The number of hydrogen-bond donors (Lipinski definition) is 5. The Balaban J connectivity index is 1.74. The van der Waals surface area contributed by atoms with E-state index in [2.05, 4.69) is 21.3 Å². The number of carbonyl (C=O) groups excluding carboxylic acids is 6. The number of amides is 7. The first-order valence-corrected chi connectivity index (χ1v) is 14.0. The maximum atomic E-state index is 14.0. The van der Waals surface area contributed by atoms with Gasteiger partial charge in [0.1, 0.15) is 12.1 Å². The van der Waals surface area contributed by atoms with Crippen LogP contribution in [0, 0.1) is 22.7 Å². The van der Waals surface area contributed by atoms with Gasteiger partial charge in [-0.3, -0.25) is 19.2 Å². The molecule has 1 saturated carbocycles. The molecule has 0 aromatic rings. The maximum absolute atomic E-state index is 14.0. The summed E-state index contributed by atoms with van der Waals surface area (Å²) >= 11 is 0. The lowest BCUT2D eigenvalue weighted by molar-refractivity contribution is -0.143. The highest BCUT2D eigenvalue weighted by atomic mass is 16.2. The van der Waals surface area contributed by atoms with Crippen LogP contribution in [0.3, 0.4) is 0 Å². The molecular formula is C27H45N7O6. The summed E-state index contributed by atoms with van der Waals surface area (Å²) in [6.45, 7) is 12.8. The lowest BCUT2D eigenvalue weighted by atomic mass is 9.73. The van der Waals surface area contributed by atoms with E-state index in [-0.39, 0.29) is 29.2 Å². The van der Waals surface area contributed by atoms with Crippen molar-refractivity contribution in [3.63, 3.8) is 0 Å². The monoisotopic (exact) mass is 563 g/mol. The van der Waals surface area contributed by atoms with Gasteiger partial charge in [-0.15, -0.1) is 0 Å². The number of hydrogen-bond acceptors (Lipinski definition) is 6. The Kier molecular flexibility index (Phi) is 9.35. The van der Waals surface area contributed by atoms with Crippen LogP contribution in [-0.2, 0) is 19.2 Å². The standard InChI is InChI=1S/C27H45N7O6/c1-26(2,3)18(14-33-11-7-10-29-25(33)40)31-24(39)32-20(27(4,5)6)23(38)34-13-15-8-9-16(15)19(34)22(37)30-12-17(35)21(28)36/h15-16,18-20H,7-14H2,1-6H3,(H2,28,36)(H,29,40)(H,30,37)(H2,31,32,39)/t15-,16-,18+,19-,20+/m0/s1. The summed E-state index contributed by atoms with van der Waals surface area (Å²) in [5, 5.41) is 11.1. The quantitative estimate of drug-likeness (QED) is 0.245. The van der Waals surface area contributed by atoms with Gasteiger partial charge in [0, 0.05) is 26.2 Å². The fraction of sp³-hybridized carbons (Fsp3) is 0.778. The first-order valence-electron chi connectivity index (χ1n) is 14.0.